The number of hydrogen-bond acceptors (Lipinski definition) is 4. The molecule has 2 rings (SSSR count). The number of esters is 1. The molecule has 1 unspecified atom stereocenters. The van der Waals surface area contributed by atoms with Gasteiger partial charge in [0.1, 0.15) is 22.8 Å². The summed E-state index contributed by atoms with van der Waals surface area (Å²) in [5.74, 6) is -0.746. The van der Waals surface area contributed by atoms with Gasteiger partial charge in [-0.1, -0.05) is 0 Å². The number of rotatable bonds is 3. The molecule has 7 heteroatoms. The number of aliphatic hydroxyl groups excluding tert-OH is 1. The Kier molecular flexibility index (Phi) is 6.77. The topological polar surface area (TPSA) is 66.8 Å². The van der Waals surface area contributed by atoms with E-state index in [1.54, 1.807) is 4.31 Å². The fraction of sp³-hybridized carbons (Fsp3) is 0.462. The zero-order valence-electron chi connectivity index (χ0n) is 11.4. The van der Waals surface area contributed by atoms with Crippen LogP contribution in [0.4, 0.5) is 4.39 Å². The number of carbonyl (C=O) groups excluding carboxylic acids is 1. The van der Waals surface area contributed by atoms with E-state index in [4.69, 9.17) is 9.84 Å². The SMILES string of the molecule is CO.COC(=O)[C@@H]1CCCN1S(=O)c1ccc(F)cc1. The number of nitrogens with zero attached hydrogens (tertiary/aromatic N) is 1. The molecule has 1 aliphatic heterocycles. The van der Waals surface area contributed by atoms with Crippen LogP contribution in [-0.4, -0.2) is 46.4 Å². The Morgan fingerprint density at radius 3 is 2.55 bits per heavy atom. The van der Waals surface area contributed by atoms with Gasteiger partial charge in [0.25, 0.3) is 0 Å². The van der Waals surface area contributed by atoms with Crippen molar-refractivity contribution >= 4 is 17.0 Å². The van der Waals surface area contributed by atoms with Crippen LogP contribution in [0.3, 0.4) is 0 Å². The summed E-state index contributed by atoms with van der Waals surface area (Å²) in [6.07, 6.45) is 1.44. The molecule has 20 heavy (non-hydrogen) atoms. The molecule has 0 aromatic heterocycles. The van der Waals surface area contributed by atoms with Gasteiger partial charge >= 0.3 is 5.97 Å². The fourth-order valence-corrected chi connectivity index (χ4v) is 3.35. The molecule has 5 nitrogen and oxygen atoms in total. The van der Waals surface area contributed by atoms with Gasteiger partial charge in [-0.05, 0) is 37.1 Å². The second-order valence-electron chi connectivity index (χ2n) is 4.02. The lowest BCUT2D eigenvalue weighted by Gasteiger charge is -2.20. The Hall–Kier alpha value is -1.31. The van der Waals surface area contributed by atoms with Crippen LogP contribution in [-0.2, 0) is 20.5 Å². The van der Waals surface area contributed by atoms with Crippen LogP contribution in [0.5, 0.6) is 0 Å². The Labute approximate surface area is 119 Å². The van der Waals surface area contributed by atoms with Gasteiger partial charge in [0.15, 0.2) is 0 Å². The lowest BCUT2D eigenvalue weighted by atomic mass is 10.2. The summed E-state index contributed by atoms with van der Waals surface area (Å²) in [6, 6.07) is 4.99. The number of carbonyl (C=O) groups is 1. The minimum absolute atomic E-state index is 0.372. The monoisotopic (exact) mass is 303 g/mol. The Bertz CT molecular complexity index is 466. The van der Waals surface area contributed by atoms with E-state index in [2.05, 4.69) is 0 Å². The Morgan fingerprint density at radius 2 is 2.00 bits per heavy atom. The fourth-order valence-electron chi connectivity index (χ4n) is 2.00. The molecule has 0 aliphatic carbocycles. The van der Waals surface area contributed by atoms with E-state index in [1.165, 1.54) is 31.4 Å². The van der Waals surface area contributed by atoms with E-state index >= 15 is 0 Å². The van der Waals surface area contributed by atoms with Crippen molar-refractivity contribution in [2.75, 3.05) is 20.8 Å². The average Bonchev–Trinajstić information content (AvgIpc) is 2.98. The Morgan fingerprint density at radius 1 is 1.40 bits per heavy atom. The average molecular weight is 303 g/mol. The highest BCUT2D eigenvalue weighted by Gasteiger charge is 2.35. The van der Waals surface area contributed by atoms with Gasteiger partial charge in [0.2, 0.25) is 0 Å². The van der Waals surface area contributed by atoms with Gasteiger partial charge in [0, 0.05) is 13.7 Å². The van der Waals surface area contributed by atoms with Gasteiger partial charge in [0.05, 0.1) is 12.0 Å². The molecule has 1 aliphatic rings. The number of methoxy groups -OCH3 is 1. The summed E-state index contributed by atoms with van der Waals surface area (Å²) in [5, 5.41) is 7.00. The first kappa shape index (κ1) is 16.7. The van der Waals surface area contributed by atoms with Crippen LogP contribution >= 0.6 is 0 Å². The number of aliphatic hydroxyl groups is 1. The van der Waals surface area contributed by atoms with Crippen LogP contribution in [0.25, 0.3) is 0 Å². The minimum atomic E-state index is -1.45. The van der Waals surface area contributed by atoms with Crippen LogP contribution in [0, 0.1) is 5.82 Å². The molecule has 2 atom stereocenters. The quantitative estimate of drug-likeness (QED) is 0.849. The van der Waals surface area contributed by atoms with Crippen molar-refractivity contribution in [3.63, 3.8) is 0 Å². The number of hydrogen-bond donors (Lipinski definition) is 1. The molecule has 1 saturated heterocycles. The predicted molar refractivity (Wildman–Crippen MR) is 72.7 cm³/mol. The molecule has 1 N–H and O–H groups in total. The van der Waals surface area contributed by atoms with Crippen molar-refractivity contribution < 1.29 is 23.2 Å². The maximum atomic E-state index is 12.8. The van der Waals surface area contributed by atoms with Crippen molar-refractivity contribution in [3.8, 4) is 0 Å². The third-order valence-corrected chi connectivity index (χ3v) is 4.44. The van der Waals surface area contributed by atoms with Crippen molar-refractivity contribution in [1.29, 1.82) is 0 Å². The molecule has 0 saturated carbocycles. The van der Waals surface area contributed by atoms with E-state index in [-0.39, 0.29) is 11.8 Å². The third kappa shape index (κ3) is 3.84. The molecule has 1 heterocycles. The van der Waals surface area contributed by atoms with Gasteiger partial charge in [-0.3, -0.25) is 4.79 Å². The van der Waals surface area contributed by atoms with Crippen molar-refractivity contribution in [2.24, 2.45) is 0 Å². The van der Waals surface area contributed by atoms with Gasteiger partial charge in [-0.15, -0.1) is 0 Å². The lowest BCUT2D eigenvalue weighted by molar-refractivity contribution is -0.144. The largest absolute Gasteiger partial charge is 0.468 e. The molecule has 0 bridgehead atoms. The zero-order chi connectivity index (χ0) is 15.1. The highest BCUT2D eigenvalue weighted by molar-refractivity contribution is 7.82. The van der Waals surface area contributed by atoms with E-state index in [9.17, 15) is 13.4 Å². The maximum absolute atomic E-state index is 12.8. The first-order valence-electron chi connectivity index (χ1n) is 6.10. The molecule has 1 aromatic rings. The lowest BCUT2D eigenvalue weighted by Crippen LogP contribution is -2.38. The highest BCUT2D eigenvalue weighted by atomic mass is 32.2. The summed E-state index contributed by atoms with van der Waals surface area (Å²) >= 11 is 0. The molecular formula is C13H18FNO4S. The second-order valence-corrected chi connectivity index (χ2v) is 5.46. The summed E-state index contributed by atoms with van der Waals surface area (Å²) in [6.45, 7) is 0.573. The molecular weight excluding hydrogens is 285 g/mol. The van der Waals surface area contributed by atoms with E-state index in [0.29, 0.717) is 17.9 Å². The molecule has 0 spiro atoms. The minimum Gasteiger partial charge on any atom is -0.468 e. The van der Waals surface area contributed by atoms with E-state index in [0.717, 1.165) is 13.5 Å². The van der Waals surface area contributed by atoms with Crippen LogP contribution in [0.15, 0.2) is 29.2 Å². The Balaban J connectivity index is 0.000000956. The van der Waals surface area contributed by atoms with Gasteiger partial charge in [-0.25, -0.2) is 12.9 Å². The molecule has 0 radical (unpaired) electrons. The zero-order valence-corrected chi connectivity index (χ0v) is 12.2. The summed E-state index contributed by atoms with van der Waals surface area (Å²) in [4.78, 5) is 12.0. The number of ether oxygens (including phenoxy) is 1. The van der Waals surface area contributed by atoms with Gasteiger partial charge in [-0.2, -0.15) is 0 Å². The summed E-state index contributed by atoms with van der Waals surface area (Å²) < 4.78 is 31.4. The van der Waals surface area contributed by atoms with Crippen LogP contribution in [0.2, 0.25) is 0 Å². The van der Waals surface area contributed by atoms with E-state index < -0.39 is 17.0 Å². The van der Waals surface area contributed by atoms with Crippen LogP contribution in [0.1, 0.15) is 12.8 Å². The summed E-state index contributed by atoms with van der Waals surface area (Å²) in [5.41, 5.74) is 0. The first-order valence-corrected chi connectivity index (χ1v) is 7.21. The van der Waals surface area contributed by atoms with Crippen molar-refractivity contribution in [2.45, 2.75) is 23.8 Å². The smallest absolute Gasteiger partial charge is 0.324 e. The van der Waals surface area contributed by atoms with Crippen molar-refractivity contribution in [3.05, 3.63) is 30.1 Å². The standard InChI is InChI=1S/C12H14FNO3S.CH4O/c1-17-12(15)11-3-2-8-14(11)18(16)10-6-4-9(13)5-7-10;1-2/h4-7,11H,2-3,8H2,1H3;2H,1H3/t11-,18?;/m0./s1. The maximum Gasteiger partial charge on any atom is 0.324 e. The summed E-state index contributed by atoms with van der Waals surface area (Å²) in [7, 11) is 0.866. The first-order chi connectivity index (χ1) is 9.63. The highest BCUT2D eigenvalue weighted by Crippen LogP contribution is 2.24. The van der Waals surface area contributed by atoms with E-state index in [1.807, 2.05) is 0 Å². The van der Waals surface area contributed by atoms with Crippen LogP contribution < -0.4 is 0 Å². The second kappa shape index (κ2) is 8.08. The number of benzene rings is 1. The molecule has 112 valence electrons. The molecule has 0 amide bonds. The normalized spacial score (nSPS) is 19.9. The molecule has 1 fully saturated rings. The third-order valence-electron chi connectivity index (χ3n) is 2.91. The van der Waals surface area contributed by atoms with Gasteiger partial charge < -0.3 is 9.84 Å². The predicted octanol–water partition coefficient (Wildman–Crippen LogP) is 1.09. The molecule has 1 aromatic carbocycles. The van der Waals surface area contributed by atoms with Crippen molar-refractivity contribution in [1.82, 2.24) is 4.31 Å². The number of halogens is 1.